The van der Waals surface area contributed by atoms with Crippen molar-refractivity contribution in [3.8, 4) is 0 Å². The Morgan fingerprint density at radius 2 is 1.14 bits per heavy atom. The third-order valence-electron chi connectivity index (χ3n) is 15.6. The van der Waals surface area contributed by atoms with Crippen molar-refractivity contribution in [3.63, 3.8) is 0 Å². The molecule has 0 aliphatic heterocycles. The number of alkyl halides is 6. The van der Waals surface area contributed by atoms with Gasteiger partial charge in [0.15, 0.2) is 0 Å². The van der Waals surface area contributed by atoms with E-state index < -0.39 is 7.59 Å². The van der Waals surface area contributed by atoms with Crippen LogP contribution in [0.3, 0.4) is 0 Å². The van der Waals surface area contributed by atoms with E-state index in [0.29, 0.717) is 17.0 Å². The Kier molecular flexibility index (Phi) is 15.1. The molecule has 58 heavy (non-hydrogen) atoms. The summed E-state index contributed by atoms with van der Waals surface area (Å²) < 4.78 is -1.82. The van der Waals surface area contributed by atoms with Gasteiger partial charge in [0.05, 0.1) is 0 Å². The van der Waals surface area contributed by atoms with Crippen LogP contribution in [-0.2, 0) is 31.8 Å². The van der Waals surface area contributed by atoms with Gasteiger partial charge in [0, 0.05) is 10.8 Å². The van der Waals surface area contributed by atoms with Crippen LogP contribution in [0, 0.1) is 56.3 Å². The van der Waals surface area contributed by atoms with Gasteiger partial charge in [-0.15, -0.1) is 23.8 Å². The van der Waals surface area contributed by atoms with Crippen LogP contribution in [0.2, 0.25) is 0 Å². The van der Waals surface area contributed by atoms with Gasteiger partial charge in [0.1, 0.15) is 0 Å². The molecule has 0 nitrogen and oxygen atoms in total. The van der Waals surface area contributed by atoms with Gasteiger partial charge >= 0.3 is 175 Å². The first-order chi connectivity index (χ1) is 26.0. The molecule has 0 bridgehead atoms. The van der Waals surface area contributed by atoms with Crippen LogP contribution >= 0.6 is 69.6 Å². The zero-order chi connectivity index (χ0) is 41.2. The van der Waals surface area contributed by atoms with E-state index in [9.17, 15) is 0 Å². The fraction of sp³-hybridized carbons (Fsp3) is 0.388. The van der Waals surface area contributed by atoms with Crippen molar-refractivity contribution in [2.24, 2.45) is 43.8 Å². The maximum atomic E-state index is 5.94. The van der Waals surface area contributed by atoms with Gasteiger partial charge in [-0.05, 0) is 28.6 Å². The molecule has 2 aromatic rings. The summed E-state index contributed by atoms with van der Waals surface area (Å²) in [5.41, 5.74) is 4.92. The van der Waals surface area contributed by atoms with Crippen molar-refractivity contribution < 1.29 is 49.0 Å². The van der Waals surface area contributed by atoms with E-state index in [-0.39, 0.29) is 62.7 Å². The van der Waals surface area contributed by atoms with Gasteiger partial charge in [-0.1, -0.05) is 115 Å². The van der Waals surface area contributed by atoms with E-state index >= 15 is 0 Å². The van der Waals surface area contributed by atoms with Gasteiger partial charge in [0.25, 0.3) is 0 Å². The summed E-state index contributed by atoms with van der Waals surface area (Å²) in [5, 5.41) is 0. The van der Waals surface area contributed by atoms with Gasteiger partial charge in [-0.25, -0.2) is 12.2 Å². The van der Waals surface area contributed by atoms with Crippen molar-refractivity contribution in [1.29, 1.82) is 0 Å². The third kappa shape index (κ3) is 7.45. The summed E-state index contributed by atoms with van der Waals surface area (Å²) in [6.07, 6.45) is 39.3. The van der Waals surface area contributed by atoms with E-state index in [1.54, 1.807) is 12.1 Å². The molecule has 0 amide bonds. The van der Waals surface area contributed by atoms with Crippen molar-refractivity contribution in [3.05, 3.63) is 174 Å². The third-order valence-corrected chi connectivity index (χ3v) is 18.3. The summed E-state index contributed by atoms with van der Waals surface area (Å²) in [7, 11) is 0. The summed E-state index contributed by atoms with van der Waals surface area (Å²) in [6, 6.07) is 14.9. The minimum Gasteiger partial charge on any atom is -1.00 e. The Morgan fingerprint density at radius 1 is 0.672 bits per heavy atom. The molecule has 2 saturated carbocycles. The van der Waals surface area contributed by atoms with Crippen LogP contribution in [-0.4, -0.2) is 3.21 Å². The number of fused-ring (bicyclic) bond motifs is 8. The Bertz CT molecular complexity index is 2080. The number of hydrogen-bond acceptors (Lipinski definition) is 0. The van der Waals surface area contributed by atoms with Crippen molar-refractivity contribution in [2.45, 2.75) is 69.4 Å². The molecule has 6 aliphatic rings. The Morgan fingerprint density at radius 3 is 1.57 bits per heavy atom. The molecule has 0 saturated heterocycles. The van der Waals surface area contributed by atoms with Gasteiger partial charge in [0.2, 0.25) is 0 Å². The van der Waals surface area contributed by atoms with E-state index in [0.717, 1.165) is 20.8 Å². The Hall–Kier alpha value is -0.567. The summed E-state index contributed by atoms with van der Waals surface area (Å²) >= 11 is 36.9. The largest absolute Gasteiger partial charge is 1.00 e. The number of halogens is 8. The Balaban J connectivity index is 0.000000228. The first kappa shape index (κ1) is 50.1. The van der Waals surface area contributed by atoms with Crippen molar-refractivity contribution >= 4 is 72.8 Å². The van der Waals surface area contributed by atoms with Crippen LogP contribution < -0.4 is 24.8 Å². The predicted molar refractivity (Wildman–Crippen MR) is 240 cm³/mol. The molecular weight excluding hydrogens is 963 g/mol. The first-order valence-electron chi connectivity index (χ1n) is 19.1. The minimum atomic E-state index is -1.45. The standard InChI is InChI=1S/C29H37.C15H8Cl6.C5H5.2ClH.Zr/c1-21-14-13-15-22-20-27(6)25(4)18-10-9-16-23(25,2)24(3)17-11-12-19-26(24,5)29(27,8)28(21,22)7;16-14(17,18)12-5-1-3-10(8-12)7-11-4-2-6-13(9-11)15(19,20)21;1-2-4-5-3-1;;;/h9-20,22H,1-8H3;1-6,8-9H;1-3H,4H2;2*1H;/q-1;;-1;;;+2/p-2. The molecular formula is C49H50Cl8Zr-2. The SMILES string of the molecule is CC1=CC=CC2[CH-]C3(C)C4(C)C=CC=CC4(C)C4(C)C=CC=CC4(C)C3(C)C12C.ClC(Cl)(Cl)c1cccc([C](=[Zr+2])c2cccc(C(Cl)(Cl)Cl)c2)c1.[C-]1=CC=CC1.[Cl-].[Cl-]. The molecule has 8 unspecified atom stereocenters. The molecule has 0 heterocycles. The second-order valence-corrected chi connectivity index (χ2v) is 23.0. The molecule has 0 radical (unpaired) electrons. The predicted octanol–water partition coefficient (Wildman–Crippen LogP) is 9.42. The summed E-state index contributed by atoms with van der Waals surface area (Å²) in [4.78, 5) is 0. The molecule has 308 valence electrons. The topological polar surface area (TPSA) is 0 Å². The Labute approximate surface area is 405 Å². The first-order valence-corrected chi connectivity index (χ1v) is 22.6. The number of allylic oxidation sites excluding steroid dienone is 16. The molecule has 2 aromatic carbocycles. The van der Waals surface area contributed by atoms with Crippen LogP contribution in [0.5, 0.6) is 0 Å². The van der Waals surface area contributed by atoms with E-state index in [1.165, 1.54) is 29.8 Å². The van der Waals surface area contributed by atoms with E-state index in [4.69, 9.17) is 69.6 Å². The minimum absolute atomic E-state index is 0. The van der Waals surface area contributed by atoms with Crippen molar-refractivity contribution in [2.75, 3.05) is 0 Å². The zero-order valence-corrected chi connectivity index (χ0v) is 42.6. The summed E-state index contributed by atoms with van der Waals surface area (Å²) in [6.45, 7) is 20.3. The second kappa shape index (κ2) is 17.5. The van der Waals surface area contributed by atoms with Gasteiger partial charge < -0.3 is 31.2 Å². The van der Waals surface area contributed by atoms with Crippen LogP contribution in [0.1, 0.15) is 84.1 Å². The zero-order valence-electron chi connectivity index (χ0n) is 34.1. The second-order valence-electron chi connectivity index (χ2n) is 17.2. The van der Waals surface area contributed by atoms with Crippen LogP contribution in [0.25, 0.3) is 0 Å². The maximum Gasteiger partial charge on any atom is -0.109 e. The smallest absolute Gasteiger partial charge is 0.109 e. The molecule has 0 spiro atoms. The van der Waals surface area contributed by atoms with Crippen LogP contribution in [0.15, 0.2) is 139 Å². The van der Waals surface area contributed by atoms with E-state index in [1.807, 2.05) is 48.6 Å². The molecule has 8 rings (SSSR count). The molecule has 8 atom stereocenters. The van der Waals surface area contributed by atoms with Gasteiger partial charge in [-0.3, -0.25) is 6.08 Å². The fourth-order valence-corrected chi connectivity index (χ4v) is 12.9. The fourth-order valence-electron chi connectivity index (χ4n) is 11.5. The normalized spacial score (nSPS) is 35.7. The van der Waals surface area contributed by atoms with Gasteiger partial charge in [-0.2, -0.15) is 6.08 Å². The average molecular weight is 1010 g/mol. The average Bonchev–Trinajstić information content (AvgIpc) is 3.80. The monoisotopic (exact) mass is 1010 g/mol. The molecule has 9 heteroatoms. The molecule has 0 aromatic heterocycles. The number of benzene rings is 2. The molecule has 6 aliphatic carbocycles. The van der Waals surface area contributed by atoms with E-state index in [2.05, 4.69) is 141 Å². The molecule has 0 N–H and O–H groups in total. The maximum absolute atomic E-state index is 5.94. The summed E-state index contributed by atoms with van der Waals surface area (Å²) in [5.74, 6) is 0.460. The van der Waals surface area contributed by atoms with Crippen LogP contribution in [0.4, 0.5) is 0 Å². The quantitative estimate of drug-likeness (QED) is 0.208. The number of rotatable bonds is 2. The molecule has 2 fully saturated rings. The number of hydrogen-bond donors (Lipinski definition) is 0. The van der Waals surface area contributed by atoms with Crippen molar-refractivity contribution in [1.82, 2.24) is 0 Å².